The molecule has 6 nitrogen and oxygen atoms in total. The van der Waals surface area contributed by atoms with Crippen molar-refractivity contribution in [3.63, 3.8) is 0 Å². The predicted molar refractivity (Wildman–Crippen MR) is 79.8 cm³/mol. The van der Waals surface area contributed by atoms with Gasteiger partial charge in [-0.1, -0.05) is 0 Å². The number of piperazine rings is 1. The average Bonchev–Trinajstić information content (AvgIpc) is 2.53. The lowest BCUT2D eigenvalue weighted by atomic mass is 10.2. The Morgan fingerprint density at radius 3 is 2.57 bits per heavy atom. The van der Waals surface area contributed by atoms with E-state index in [2.05, 4.69) is 28.9 Å². The molecule has 1 fully saturated rings. The molecule has 1 aliphatic heterocycles. The van der Waals surface area contributed by atoms with Crippen LogP contribution in [0.15, 0.2) is 18.3 Å². The summed E-state index contributed by atoms with van der Waals surface area (Å²) in [6, 6.07) is 5.26. The van der Waals surface area contributed by atoms with Crippen LogP contribution in [0.3, 0.4) is 0 Å². The first-order chi connectivity index (χ1) is 10.1. The van der Waals surface area contributed by atoms with Crippen LogP contribution < -0.4 is 0 Å². The van der Waals surface area contributed by atoms with Crippen LogP contribution in [0, 0.1) is 11.3 Å². The number of hydrogen-bond acceptors (Lipinski definition) is 5. The Morgan fingerprint density at radius 1 is 1.33 bits per heavy atom. The lowest BCUT2D eigenvalue weighted by Crippen LogP contribution is -2.50. The minimum atomic E-state index is -0.0493. The first-order valence-electron chi connectivity index (χ1n) is 7.12. The van der Waals surface area contributed by atoms with Crippen LogP contribution >= 0.6 is 0 Å². The lowest BCUT2D eigenvalue weighted by molar-refractivity contribution is 0.0624. The fourth-order valence-corrected chi connectivity index (χ4v) is 2.26. The molecule has 21 heavy (non-hydrogen) atoms. The fourth-order valence-electron chi connectivity index (χ4n) is 2.26. The van der Waals surface area contributed by atoms with Crippen molar-refractivity contribution in [2.45, 2.75) is 0 Å². The van der Waals surface area contributed by atoms with Gasteiger partial charge in [-0.15, -0.1) is 0 Å². The molecule has 6 heteroatoms. The number of carbonyl (C=O) groups excluding carboxylic acids is 1. The van der Waals surface area contributed by atoms with Crippen LogP contribution in [0.1, 0.15) is 16.1 Å². The summed E-state index contributed by atoms with van der Waals surface area (Å²) >= 11 is 0. The van der Waals surface area contributed by atoms with Gasteiger partial charge in [-0.2, -0.15) is 5.26 Å². The number of nitriles is 1. The maximum absolute atomic E-state index is 12.3. The van der Waals surface area contributed by atoms with Crippen molar-refractivity contribution in [2.75, 3.05) is 53.4 Å². The number of nitrogens with zero attached hydrogens (tertiary/aromatic N) is 5. The molecule has 112 valence electrons. The van der Waals surface area contributed by atoms with E-state index in [1.165, 1.54) is 6.20 Å². The van der Waals surface area contributed by atoms with Gasteiger partial charge in [0.1, 0.15) is 11.8 Å². The molecule has 0 spiro atoms. The summed E-state index contributed by atoms with van der Waals surface area (Å²) in [6.07, 6.45) is 1.45. The molecule has 2 heterocycles. The maximum atomic E-state index is 12.3. The number of pyridine rings is 1. The summed E-state index contributed by atoms with van der Waals surface area (Å²) in [6.45, 7) is 5.32. The smallest absolute Gasteiger partial charge is 0.272 e. The van der Waals surface area contributed by atoms with Gasteiger partial charge >= 0.3 is 0 Å². The molecule has 0 radical (unpaired) electrons. The molecule has 1 aliphatic rings. The molecule has 0 saturated carbocycles. The third kappa shape index (κ3) is 4.25. The normalized spacial score (nSPS) is 16.0. The Labute approximate surface area is 125 Å². The largest absolute Gasteiger partial charge is 0.335 e. The lowest BCUT2D eigenvalue weighted by Gasteiger charge is -2.35. The van der Waals surface area contributed by atoms with Crippen LogP contribution in [0.2, 0.25) is 0 Å². The zero-order valence-electron chi connectivity index (χ0n) is 12.6. The predicted octanol–water partition coefficient (Wildman–Crippen LogP) is 0.273. The van der Waals surface area contributed by atoms with Crippen molar-refractivity contribution in [3.05, 3.63) is 29.6 Å². The maximum Gasteiger partial charge on any atom is 0.272 e. The molecule has 1 aromatic rings. The number of carbonyl (C=O) groups is 1. The van der Waals surface area contributed by atoms with Gasteiger partial charge in [-0.3, -0.25) is 9.69 Å². The minimum absolute atomic E-state index is 0.0493. The van der Waals surface area contributed by atoms with Crippen molar-refractivity contribution >= 4 is 5.91 Å². The van der Waals surface area contributed by atoms with Gasteiger partial charge in [-0.25, -0.2) is 4.98 Å². The highest BCUT2D eigenvalue weighted by Gasteiger charge is 2.22. The second kappa shape index (κ2) is 7.16. The van der Waals surface area contributed by atoms with E-state index in [9.17, 15) is 4.79 Å². The molecular formula is C15H21N5O. The topological polar surface area (TPSA) is 63.5 Å². The molecule has 1 aromatic heterocycles. The van der Waals surface area contributed by atoms with Gasteiger partial charge in [0.25, 0.3) is 5.91 Å². The monoisotopic (exact) mass is 287 g/mol. The zero-order chi connectivity index (χ0) is 15.2. The number of aromatic nitrogens is 1. The summed E-state index contributed by atoms with van der Waals surface area (Å²) in [4.78, 5) is 22.8. The molecular weight excluding hydrogens is 266 g/mol. The number of hydrogen-bond donors (Lipinski definition) is 0. The minimum Gasteiger partial charge on any atom is -0.335 e. The SMILES string of the molecule is CN(C)CCN1CCN(C(=O)c2ccc(C#N)cn2)CC1. The number of rotatable bonds is 4. The van der Waals surface area contributed by atoms with Gasteiger partial charge in [0.2, 0.25) is 0 Å². The van der Waals surface area contributed by atoms with E-state index in [0.717, 1.165) is 39.3 Å². The fraction of sp³-hybridized carbons (Fsp3) is 0.533. The van der Waals surface area contributed by atoms with E-state index in [0.29, 0.717) is 11.3 Å². The van der Waals surface area contributed by atoms with Crippen LogP contribution in [0.4, 0.5) is 0 Å². The quantitative estimate of drug-likeness (QED) is 0.795. The van der Waals surface area contributed by atoms with Crippen molar-refractivity contribution in [1.29, 1.82) is 5.26 Å². The average molecular weight is 287 g/mol. The van der Waals surface area contributed by atoms with Crippen molar-refractivity contribution in [3.8, 4) is 6.07 Å². The highest BCUT2D eigenvalue weighted by Crippen LogP contribution is 2.08. The molecule has 1 amide bonds. The van der Waals surface area contributed by atoms with Crippen LogP contribution in [-0.2, 0) is 0 Å². The van der Waals surface area contributed by atoms with Gasteiger partial charge in [-0.05, 0) is 26.2 Å². The molecule has 0 atom stereocenters. The van der Waals surface area contributed by atoms with Crippen LogP contribution in [0.25, 0.3) is 0 Å². The standard InChI is InChI=1S/C15H21N5O/c1-18(2)5-6-19-7-9-20(10-8-19)15(21)14-4-3-13(11-16)12-17-14/h3-4,12H,5-10H2,1-2H3. The summed E-state index contributed by atoms with van der Waals surface area (Å²) in [5, 5.41) is 8.74. The Bertz CT molecular complexity index is 512. The Hall–Kier alpha value is -1.97. The van der Waals surface area contributed by atoms with E-state index >= 15 is 0 Å². The summed E-state index contributed by atoms with van der Waals surface area (Å²) < 4.78 is 0. The third-order valence-corrected chi connectivity index (χ3v) is 3.63. The molecule has 0 N–H and O–H groups in total. The van der Waals surface area contributed by atoms with Crippen molar-refractivity contribution < 1.29 is 4.79 Å². The molecule has 0 aliphatic carbocycles. The first-order valence-corrected chi connectivity index (χ1v) is 7.12. The molecule has 0 bridgehead atoms. The van der Waals surface area contributed by atoms with E-state index in [1.54, 1.807) is 12.1 Å². The second-order valence-corrected chi connectivity index (χ2v) is 5.48. The van der Waals surface area contributed by atoms with Crippen LogP contribution in [0.5, 0.6) is 0 Å². The summed E-state index contributed by atoms with van der Waals surface area (Å²) in [7, 11) is 4.13. The zero-order valence-corrected chi connectivity index (χ0v) is 12.6. The van der Waals surface area contributed by atoms with E-state index in [-0.39, 0.29) is 5.91 Å². The van der Waals surface area contributed by atoms with E-state index in [4.69, 9.17) is 5.26 Å². The summed E-state index contributed by atoms with van der Waals surface area (Å²) in [5.41, 5.74) is 0.885. The van der Waals surface area contributed by atoms with E-state index < -0.39 is 0 Å². The van der Waals surface area contributed by atoms with Gasteiger partial charge in [0.15, 0.2) is 0 Å². The van der Waals surface area contributed by atoms with Crippen molar-refractivity contribution in [1.82, 2.24) is 19.7 Å². The molecule has 0 aromatic carbocycles. The van der Waals surface area contributed by atoms with Crippen LogP contribution in [-0.4, -0.2) is 79.0 Å². The van der Waals surface area contributed by atoms with Gasteiger partial charge in [0, 0.05) is 45.5 Å². The van der Waals surface area contributed by atoms with E-state index in [1.807, 2.05) is 11.0 Å². The Morgan fingerprint density at radius 2 is 2.05 bits per heavy atom. The number of likely N-dealkylation sites (N-methyl/N-ethyl adjacent to an activating group) is 1. The first kappa shape index (κ1) is 15.4. The highest BCUT2D eigenvalue weighted by molar-refractivity contribution is 5.92. The molecule has 2 rings (SSSR count). The second-order valence-electron chi connectivity index (χ2n) is 5.48. The Kier molecular flexibility index (Phi) is 5.26. The molecule has 1 saturated heterocycles. The summed E-state index contributed by atoms with van der Waals surface area (Å²) in [5.74, 6) is -0.0493. The highest BCUT2D eigenvalue weighted by atomic mass is 16.2. The van der Waals surface area contributed by atoms with Gasteiger partial charge in [0.05, 0.1) is 5.56 Å². The van der Waals surface area contributed by atoms with Crippen molar-refractivity contribution in [2.24, 2.45) is 0 Å². The molecule has 0 unspecified atom stereocenters. The van der Waals surface area contributed by atoms with Gasteiger partial charge < -0.3 is 9.80 Å². The number of amides is 1. The third-order valence-electron chi connectivity index (χ3n) is 3.63. The Balaban J connectivity index is 1.86.